The lowest BCUT2D eigenvalue weighted by Crippen LogP contribution is -2.64. The first kappa shape index (κ1) is 23.1. The van der Waals surface area contributed by atoms with E-state index in [9.17, 15) is 19.7 Å². The van der Waals surface area contributed by atoms with Crippen molar-refractivity contribution >= 4 is 7.52 Å². The Labute approximate surface area is 175 Å². The van der Waals surface area contributed by atoms with Crippen molar-refractivity contribution in [2.75, 3.05) is 13.3 Å². The lowest BCUT2D eigenvalue weighted by atomic mass is 9.97. The molecule has 2 aromatic carbocycles. The highest BCUT2D eigenvalue weighted by molar-refractivity contribution is 7.53. The van der Waals surface area contributed by atoms with Crippen LogP contribution in [0.5, 0.6) is 0 Å². The molecule has 0 aromatic heterocycles. The van der Waals surface area contributed by atoms with Crippen molar-refractivity contribution in [1.82, 2.24) is 5.09 Å². The van der Waals surface area contributed by atoms with Crippen molar-refractivity contribution in [3.63, 3.8) is 0 Å². The second-order valence-corrected chi connectivity index (χ2v) is 9.22. The molecule has 3 N–H and O–H groups in total. The Hall–Kier alpha value is -1.61. The van der Waals surface area contributed by atoms with Gasteiger partial charge in [0.25, 0.3) is 0 Å². The smallest absolute Gasteiger partial charge is 0.176 e. The van der Waals surface area contributed by atoms with Crippen LogP contribution >= 0.6 is 7.52 Å². The second-order valence-electron chi connectivity index (χ2n) is 7.27. The fourth-order valence-corrected chi connectivity index (χ4v) is 4.16. The average molecular weight is 436 g/mol. The SMILES string of the molecule is CP(=O)([O-])N[C@H]1[C@H](OCc2ccccc2)O[C@H](CO)[C@@H](OCc2ccccc2)[C@@H]1O. The van der Waals surface area contributed by atoms with Gasteiger partial charge in [-0.3, -0.25) is 5.09 Å². The molecule has 30 heavy (non-hydrogen) atoms. The zero-order chi connectivity index (χ0) is 21.6. The topological polar surface area (TPSA) is 120 Å². The Kier molecular flexibility index (Phi) is 8.16. The summed E-state index contributed by atoms with van der Waals surface area (Å²) in [6, 6.07) is 17.5. The summed E-state index contributed by atoms with van der Waals surface area (Å²) in [6.45, 7) is 0.921. The van der Waals surface area contributed by atoms with Crippen molar-refractivity contribution < 1.29 is 33.9 Å². The molecule has 0 amide bonds. The van der Waals surface area contributed by atoms with Crippen LogP contribution in [0.4, 0.5) is 0 Å². The molecule has 1 aliphatic heterocycles. The molecule has 1 aliphatic rings. The lowest BCUT2D eigenvalue weighted by Gasteiger charge is -2.45. The first-order chi connectivity index (χ1) is 14.4. The molecule has 0 bridgehead atoms. The molecule has 1 unspecified atom stereocenters. The number of benzene rings is 2. The number of rotatable bonds is 9. The van der Waals surface area contributed by atoms with E-state index in [1.54, 1.807) is 0 Å². The molecular weight excluding hydrogens is 409 g/mol. The fraction of sp³-hybridized carbons (Fsp3) is 0.429. The molecule has 8 nitrogen and oxygen atoms in total. The Morgan fingerprint density at radius 1 is 1.03 bits per heavy atom. The monoisotopic (exact) mass is 436 g/mol. The van der Waals surface area contributed by atoms with Gasteiger partial charge in [-0.05, 0) is 17.8 Å². The van der Waals surface area contributed by atoms with Crippen molar-refractivity contribution in [1.29, 1.82) is 0 Å². The van der Waals surface area contributed by atoms with Crippen LogP contribution in [0.15, 0.2) is 60.7 Å². The molecule has 1 heterocycles. The first-order valence-electron chi connectivity index (χ1n) is 9.69. The summed E-state index contributed by atoms with van der Waals surface area (Å²) in [5.74, 6) is 0. The van der Waals surface area contributed by atoms with Crippen LogP contribution in [0.2, 0.25) is 0 Å². The number of hydrogen-bond acceptors (Lipinski definition) is 7. The largest absolute Gasteiger partial charge is 0.788 e. The van der Waals surface area contributed by atoms with Gasteiger partial charge >= 0.3 is 0 Å². The zero-order valence-electron chi connectivity index (χ0n) is 16.7. The van der Waals surface area contributed by atoms with Gasteiger partial charge < -0.3 is 33.9 Å². The highest BCUT2D eigenvalue weighted by Crippen LogP contribution is 2.32. The van der Waals surface area contributed by atoms with Crippen LogP contribution in [0.3, 0.4) is 0 Å². The summed E-state index contributed by atoms with van der Waals surface area (Å²) >= 11 is 0. The van der Waals surface area contributed by atoms with Crippen LogP contribution in [-0.2, 0) is 32.0 Å². The minimum absolute atomic E-state index is 0.150. The average Bonchev–Trinajstić information content (AvgIpc) is 2.74. The third kappa shape index (κ3) is 6.44. The summed E-state index contributed by atoms with van der Waals surface area (Å²) in [4.78, 5) is 11.9. The second kappa shape index (κ2) is 10.6. The van der Waals surface area contributed by atoms with Gasteiger partial charge in [0.1, 0.15) is 18.3 Å². The Balaban J connectivity index is 1.74. The molecule has 3 rings (SSSR count). The molecule has 1 fully saturated rings. The Morgan fingerprint density at radius 2 is 1.57 bits per heavy atom. The summed E-state index contributed by atoms with van der Waals surface area (Å²) in [6.07, 6.45) is -4.22. The van der Waals surface area contributed by atoms with Crippen LogP contribution in [0.25, 0.3) is 0 Å². The third-order valence-electron chi connectivity index (χ3n) is 4.78. The molecule has 0 radical (unpaired) electrons. The minimum atomic E-state index is -3.97. The quantitative estimate of drug-likeness (QED) is 0.498. The predicted molar refractivity (Wildman–Crippen MR) is 108 cm³/mol. The van der Waals surface area contributed by atoms with Crippen molar-refractivity contribution in [2.45, 2.75) is 43.9 Å². The summed E-state index contributed by atoms with van der Waals surface area (Å²) in [5.41, 5.74) is 1.73. The van der Waals surface area contributed by atoms with Crippen LogP contribution in [0, 0.1) is 0 Å². The normalized spacial score (nSPS) is 28.7. The van der Waals surface area contributed by atoms with E-state index in [1.807, 2.05) is 60.7 Å². The van der Waals surface area contributed by atoms with Crippen LogP contribution < -0.4 is 9.98 Å². The number of nitrogens with one attached hydrogen (secondary N) is 1. The van der Waals surface area contributed by atoms with Gasteiger partial charge in [-0.1, -0.05) is 60.7 Å². The number of hydrogen-bond donors (Lipinski definition) is 3. The van der Waals surface area contributed by atoms with Gasteiger partial charge in [0.15, 0.2) is 6.29 Å². The molecule has 0 spiro atoms. The number of ether oxygens (including phenoxy) is 3. The van der Waals surface area contributed by atoms with Gasteiger partial charge in [0, 0.05) is 0 Å². The van der Waals surface area contributed by atoms with Gasteiger partial charge in [0.05, 0.1) is 33.4 Å². The van der Waals surface area contributed by atoms with E-state index in [0.29, 0.717) is 0 Å². The maximum Gasteiger partial charge on any atom is 0.176 e. The van der Waals surface area contributed by atoms with E-state index in [-0.39, 0.29) is 13.2 Å². The molecule has 9 heteroatoms. The number of aliphatic hydroxyl groups is 2. The van der Waals surface area contributed by atoms with E-state index >= 15 is 0 Å². The Bertz CT molecular complexity index is 817. The Morgan fingerprint density at radius 3 is 2.07 bits per heavy atom. The van der Waals surface area contributed by atoms with Gasteiger partial charge in [0.2, 0.25) is 0 Å². The first-order valence-corrected chi connectivity index (χ1v) is 11.8. The summed E-state index contributed by atoms with van der Waals surface area (Å²) < 4.78 is 29.3. The minimum Gasteiger partial charge on any atom is -0.788 e. The van der Waals surface area contributed by atoms with Gasteiger partial charge in [-0.25, -0.2) is 0 Å². The fourth-order valence-electron chi connectivity index (χ4n) is 3.34. The predicted octanol–water partition coefficient (Wildman–Crippen LogP) is 1.01. The van der Waals surface area contributed by atoms with E-state index in [4.69, 9.17) is 14.2 Å². The molecule has 164 valence electrons. The molecule has 6 atom stereocenters. The molecule has 0 saturated carbocycles. The van der Waals surface area contributed by atoms with Crippen molar-refractivity contribution in [3.8, 4) is 0 Å². The number of aliphatic hydroxyl groups excluding tert-OH is 2. The van der Waals surface area contributed by atoms with E-state index in [2.05, 4.69) is 5.09 Å². The highest BCUT2D eigenvalue weighted by atomic mass is 31.2. The standard InChI is InChI=1S/C21H28NO7P/c1-30(25,26)22-18-19(24)20(27-13-15-8-4-2-5-9-15)17(12-23)29-21(18)28-14-16-10-6-3-7-11-16/h2-11,17-21,23-24H,12-14H2,1H3,(H2,22,25,26)/p-1/t17-,18-,19-,20-,21-/m1/s1. The van der Waals surface area contributed by atoms with Crippen LogP contribution in [0.1, 0.15) is 11.1 Å². The maximum absolute atomic E-state index is 11.9. The van der Waals surface area contributed by atoms with E-state index in [0.717, 1.165) is 17.8 Å². The lowest BCUT2D eigenvalue weighted by molar-refractivity contribution is -0.283. The van der Waals surface area contributed by atoms with Crippen LogP contribution in [-0.4, -0.2) is 54.1 Å². The van der Waals surface area contributed by atoms with Crippen molar-refractivity contribution in [3.05, 3.63) is 71.8 Å². The van der Waals surface area contributed by atoms with Crippen molar-refractivity contribution in [2.24, 2.45) is 0 Å². The highest BCUT2D eigenvalue weighted by Gasteiger charge is 2.47. The molecule has 0 aliphatic carbocycles. The summed E-state index contributed by atoms with van der Waals surface area (Å²) in [7, 11) is -3.97. The molecule has 1 saturated heterocycles. The van der Waals surface area contributed by atoms with E-state index in [1.165, 1.54) is 0 Å². The zero-order valence-corrected chi connectivity index (χ0v) is 17.6. The third-order valence-corrected chi connectivity index (χ3v) is 5.55. The molecule has 2 aromatic rings. The van der Waals surface area contributed by atoms with E-state index < -0.39 is 44.8 Å². The summed E-state index contributed by atoms with van der Waals surface area (Å²) in [5, 5.41) is 23.1. The van der Waals surface area contributed by atoms with Gasteiger partial charge in [-0.15, -0.1) is 0 Å². The maximum atomic E-state index is 11.9. The molecular formula is C21H27NO7P-. The van der Waals surface area contributed by atoms with Gasteiger partial charge in [-0.2, -0.15) is 0 Å².